The van der Waals surface area contributed by atoms with E-state index in [-0.39, 0.29) is 0 Å². The number of fused-ring (bicyclic) bond motifs is 15. The topological polar surface area (TPSA) is 39.4 Å². The van der Waals surface area contributed by atoms with Crippen molar-refractivity contribution in [3.8, 4) is 33.4 Å². The van der Waals surface area contributed by atoms with Crippen molar-refractivity contribution < 1.29 is 13.3 Å². The SMILES string of the molecule is Cc1cc(-c2ccccc2)cc([Si](C)(C)C)c1.Cc1ccc(-c2ccc3oc4ccccc4c3c2)cc1.Cc1ccc(-c2ccccc2)cc1[Si](C)(C)C.Cc1ccc2oc3ccccc3c2c1.Cc1ccc2sc3ccccc3c2c1.Cc1cccc2c1oc1ccccc12.Cc1cccc2c1sc1ccccc12. The summed E-state index contributed by atoms with van der Waals surface area (Å²) in [5, 5.41) is 15.8. The zero-order valence-electron chi connectivity index (χ0n) is 65.3. The number of hydrogen-bond acceptors (Lipinski definition) is 5. The fourth-order valence-electron chi connectivity index (χ4n) is 14.4. The van der Waals surface area contributed by atoms with E-state index in [1.807, 2.05) is 77.3 Å². The van der Waals surface area contributed by atoms with Crippen LogP contribution < -0.4 is 10.4 Å². The summed E-state index contributed by atoms with van der Waals surface area (Å²) >= 11 is 3.76. The number of hydrogen-bond donors (Lipinski definition) is 0. The summed E-state index contributed by atoms with van der Waals surface area (Å²) in [5.41, 5.74) is 22.8. The molecule has 0 N–H and O–H groups in total. The zero-order valence-corrected chi connectivity index (χ0v) is 68.9. The molecule has 544 valence electrons. The van der Waals surface area contributed by atoms with Crippen LogP contribution in [0.2, 0.25) is 39.3 Å². The molecular weight excluding hydrogens is 1410 g/mol. The lowest BCUT2D eigenvalue weighted by Crippen LogP contribution is -2.39. The molecule has 0 bridgehead atoms. The Balaban J connectivity index is 0.000000107. The normalized spacial score (nSPS) is 11.3. The van der Waals surface area contributed by atoms with Crippen molar-refractivity contribution in [3.05, 3.63) is 373 Å². The third-order valence-electron chi connectivity index (χ3n) is 20.2. The average molecular weight is 1500 g/mol. The van der Waals surface area contributed by atoms with Crippen molar-refractivity contribution in [2.45, 2.75) is 87.7 Å². The number of para-hydroxylation sites is 4. The third kappa shape index (κ3) is 17.3. The van der Waals surface area contributed by atoms with E-state index in [1.54, 1.807) is 5.19 Å². The molecule has 15 aromatic carbocycles. The van der Waals surface area contributed by atoms with Gasteiger partial charge in [-0.1, -0.05) is 344 Å². The number of furan rings is 3. The Labute approximate surface area is 657 Å². The second-order valence-corrected chi connectivity index (χ2v) is 43.1. The molecular formula is C103H94O3S2Si2. The molecule has 0 radical (unpaired) electrons. The van der Waals surface area contributed by atoms with Crippen LogP contribution in [0.25, 0.3) is 140 Å². The first-order valence-electron chi connectivity index (χ1n) is 38.0. The molecule has 0 atom stereocenters. The molecule has 3 nitrogen and oxygen atoms in total. The summed E-state index contributed by atoms with van der Waals surface area (Å²) in [6.45, 7) is 29.4. The third-order valence-corrected chi connectivity index (χ3v) is 26.9. The maximum atomic E-state index is 5.86. The van der Waals surface area contributed by atoms with E-state index >= 15 is 0 Å². The molecule has 0 amide bonds. The van der Waals surface area contributed by atoms with Crippen LogP contribution in [0.3, 0.4) is 0 Å². The molecule has 110 heavy (non-hydrogen) atoms. The van der Waals surface area contributed by atoms with Crippen LogP contribution in [0.1, 0.15) is 38.9 Å². The molecule has 7 heteroatoms. The smallest absolute Gasteiger partial charge is 0.138 e. The number of thiophene rings is 2. The maximum Gasteiger partial charge on any atom is 0.138 e. The molecule has 0 saturated carbocycles. The Kier molecular flexibility index (Phi) is 22.7. The molecule has 0 aliphatic heterocycles. The van der Waals surface area contributed by atoms with E-state index in [0.717, 1.165) is 33.5 Å². The predicted molar refractivity (Wildman–Crippen MR) is 488 cm³/mol. The van der Waals surface area contributed by atoms with Crippen molar-refractivity contribution in [3.63, 3.8) is 0 Å². The summed E-state index contributed by atoms with van der Waals surface area (Å²) in [5.74, 6) is 0. The van der Waals surface area contributed by atoms with Crippen LogP contribution in [0.15, 0.2) is 347 Å². The van der Waals surface area contributed by atoms with Gasteiger partial charge in [0.05, 0.1) is 16.1 Å². The average Bonchev–Trinajstić information content (AvgIpc) is 1.61. The highest BCUT2D eigenvalue weighted by molar-refractivity contribution is 7.26. The van der Waals surface area contributed by atoms with Gasteiger partial charge in [-0.2, -0.15) is 0 Å². The standard InChI is InChI=1S/C19H14O.2C16H20Si.2C13H10O.2C13H10S/c1-13-6-8-14(9-7-13)15-10-11-19-17(12-15)16-4-2-3-5-18(16)20-19;1-13-10-15(14-8-6-5-7-9-14)12-16(11-13)17(2,3)4;1-13-10-11-15(12-16(13)17(2,3)4)14-8-6-5-7-9-14;1-9-5-4-7-11-10-6-2-3-8-12(10)14-13(9)11;1-9-6-7-13-11(8-9)10-4-2-3-5-12(10)14-13;1-9-5-4-7-11-10-6-2-3-8-12(10)14-13(9)11;1-9-6-7-13-11(8-9)10-4-2-3-5-12(10)14-13/h2-12H,1H3;2*5-12H,1-4H3;4*2-8H,1H3. The Morgan fingerprint density at radius 1 is 0.218 bits per heavy atom. The summed E-state index contributed by atoms with van der Waals surface area (Å²) in [4.78, 5) is 0. The van der Waals surface area contributed by atoms with Gasteiger partial charge in [0.2, 0.25) is 0 Å². The van der Waals surface area contributed by atoms with E-state index in [9.17, 15) is 0 Å². The van der Waals surface area contributed by atoms with Gasteiger partial charge >= 0.3 is 0 Å². The highest BCUT2D eigenvalue weighted by Crippen LogP contribution is 2.38. The summed E-state index contributed by atoms with van der Waals surface area (Å²) in [7, 11) is -2.47. The van der Waals surface area contributed by atoms with Gasteiger partial charge in [-0.3, -0.25) is 0 Å². The van der Waals surface area contributed by atoms with Crippen LogP contribution >= 0.6 is 22.7 Å². The minimum atomic E-state index is -1.24. The van der Waals surface area contributed by atoms with Gasteiger partial charge in [0.25, 0.3) is 0 Å². The van der Waals surface area contributed by atoms with E-state index in [4.69, 9.17) is 13.3 Å². The van der Waals surface area contributed by atoms with Crippen LogP contribution in [-0.2, 0) is 0 Å². The molecule has 5 heterocycles. The Morgan fingerprint density at radius 2 is 0.636 bits per heavy atom. The van der Waals surface area contributed by atoms with Gasteiger partial charge in [-0.05, 0) is 160 Å². The molecule has 0 aliphatic rings. The quantitative estimate of drug-likeness (QED) is 0.161. The lowest BCUT2D eigenvalue weighted by Gasteiger charge is -2.20. The fourth-order valence-corrected chi connectivity index (χ4v) is 19.7. The molecule has 0 saturated heterocycles. The van der Waals surface area contributed by atoms with Gasteiger partial charge in [-0.25, -0.2) is 0 Å². The lowest BCUT2D eigenvalue weighted by atomic mass is 10.0. The van der Waals surface area contributed by atoms with E-state index in [0.29, 0.717) is 0 Å². The Hall–Kier alpha value is -11.4. The number of rotatable bonds is 5. The van der Waals surface area contributed by atoms with Crippen LogP contribution in [-0.4, -0.2) is 16.1 Å². The highest BCUT2D eigenvalue weighted by atomic mass is 32.1. The van der Waals surface area contributed by atoms with Gasteiger partial charge in [0.1, 0.15) is 33.5 Å². The number of benzene rings is 15. The molecule has 20 rings (SSSR count). The molecule has 0 aliphatic carbocycles. The minimum Gasteiger partial charge on any atom is -0.456 e. The van der Waals surface area contributed by atoms with Crippen molar-refractivity contribution in [2.75, 3.05) is 0 Å². The second-order valence-electron chi connectivity index (χ2n) is 30.8. The second kappa shape index (κ2) is 33.2. The van der Waals surface area contributed by atoms with Gasteiger partial charge < -0.3 is 13.3 Å². The first kappa shape index (κ1) is 75.4. The van der Waals surface area contributed by atoms with E-state index < -0.39 is 16.1 Å². The Bertz CT molecular complexity index is 6330. The van der Waals surface area contributed by atoms with Gasteiger partial charge in [-0.15, -0.1) is 22.7 Å². The van der Waals surface area contributed by atoms with Gasteiger partial charge in [0.15, 0.2) is 0 Å². The highest BCUT2D eigenvalue weighted by Gasteiger charge is 2.20. The monoisotopic (exact) mass is 1500 g/mol. The maximum absolute atomic E-state index is 5.86. The van der Waals surface area contributed by atoms with Crippen molar-refractivity contribution in [1.82, 2.24) is 0 Å². The summed E-state index contributed by atoms with van der Waals surface area (Å²) in [6.07, 6.45) is 0. The zero-order chi connectivity index (χ0) is 76.6. The molecule has 20 aromatic rings. The van der Waals surface area contributed by atoms with Crippen molar-refractivity contribution in [1.29, 1.82) is 0 Å². The van der Waals surface area contributed by atoms with Gasteiger partial charge in [0, 0.05) is 72.7 Å². The van der Waals surface area contributed by atoms with E-state index in [2.05, 4.69) is 367 Å². The first-order valence-corrected chi connectivity index (χ1v) is 46.6. The van der Waals surface area contributed by atoms with Crippen LogP contribution in [0, 0.1) is 48.5 Å². The Morgan fingerprint density at radius 3 is 1.25 bits per heavy atom. The predicted octanol–water partition coefficient (Wildman–Crippen LogP) is 30.5. The molecule has 0 fully saturated rings. The van der Waals surface area contributed by atoms with Crippen LogP contribution in [0.5, 0.6) is 0 Å². The van der Waals surface area contributed by atoms with Crippen LogP contribution in [0.4, 0.5) is 0 Å². The minimum absolute atomic E-state index is 0.946. The van der Waals surface area contributed by atoms with Crippen molar-refractivity contribution >= 4 is 155 Å². The molecule has 0 unspecified atom stereocenters. The first-order chi connectivity index (χ1) is 53.2. The summed E-state index contributed by atoms with van der Waals surface area (Å²) < 4.78 is 22.9. The molecule has 5 aromatic heterocycles. The summed E-state index contributed by atoms with van der Waals surface area (Å²) in [6, 6.07) is 118. The molecule has 0 spiro atoms. The fraction of sp³-hybridized carbons (Fsp3) is 0.126. The van der Waals surface area contributed by atoms with E-state index in [1.165, 1.54) is 150 Å². The lowest BCUT2D eigenvalue weighted by molar-refractivity contribution is 0.665. The van der Waals surface area contributed by atoms with Crippen molar-refractivity contribution in [2.24, 2.45) is 0 Å². The largest absolute Gasteiger partial charge is 0.456 e. The number of aryl methyl sites for hydroxylation is 7.